The van der Waals surface area contributed by atoms with E-state index in [1.165, 1.54) is 11.3 Å². The van der Waals surface area contributed by atoms with Gasteiger partial charge in [0.2, 0.25) is 0 Å². The molecular formula is C17H27N3O2. The number of hydrogen-bond donors (Lipinski definition) is 2. The summed E-state index contributed by atoms with van der Waals surface area (Å²) in [4.78, 5) is 16.3. The lowest BCUT2D eigenvalue weighted by Crippen LogP contribution is -2.37. The van der Waals surface area contributed by atoms with Crippen molar-refractivity contribution in [3.8, 4) is 0 Å². The number of carbonyl (C=O) groups excluding carboxylic acids is 1. The molecule has 5 nitrogen and oxygen atoms in total. The second-order valence-corrected chi connectivity index (χ2v) is 5.86. The number of amides is 2. The van der Waals surface area contributed by atoms with Crippen LogP contribution in [0.1, 0.15) is 31.7 Å². The van der Waals surface area contributed by atoms with Crippen LogP contribution in [-0.2, 0) is 6.42 Å². The van der Waals surface area contributed by atoms with Gasteiger partial charge in [-0.3, -0.25) is 0 Å². The lowest BCUT2D eigenvalue weighted by Gasteiger charge is -2.28. The Balaban J connectivity index is 2.04. The first-order valence-electron chi connectivity index (χ1n) is 8.16. The molecule has 1 aliphatic heterocycles. The predicted octanol–water partition coefficient (Wildman–Crippen LogP) is 2.70. The van der Waals surface area contributed by atoms with Crippen LogP contribution in [0.5, 0.6) is 0 Å². The van der Waals surface area contributed by atoms with E-state index in [0.29, 0.717) is 13.1 Å². The zero-order chi connectivity index (χ0) is 15.9. The number of nitrogens with one attached hydrogen (secondary N) is 1. The number of fused-ring (bicyclic) bond motifs is 1. The Labute approximate surface area is 132 Å². The second-order valence-electron chi connectivity index (χ2n) is 5.86. The summed E-state index contributed by atoms with van der Waals surface area (Å²) in [7, 11) is 2.10. The van der Waals surface area contributed by atoms with Crippen molar-refractivity contribution in [2.24, 2.45) is 0 Å². The van der Waals surface area contributed by atoms with Crippen molar-refractivity contribution >= 4 is 17.4 Å². The number of aryl methyl sites for hydroxylation is 1. The van der Waals surface area contributed by atoms with Gasteiger partial charge in [0, 0.05) is 38.1 Å². The third kappa shape index (κ3) is 4.13. The summed E-state index contributed by atoms with van der Waals surface area (Å²) in [6, 6.07) is 5.97. The maximum Gasteiger partial charge on any atom is 0.321 e. The number of urea groups is 1. The number of rotatable bonds is 6. The smallest absolute Gasteiger partial charge is 0.321 e. The van der Waals surface area contributed by atoms with Crippen LogP contribution < -0.4 is 10.2 Å². The van der Waals surface area contributed by atoms with Crippen molar-refractivity contribution in [2.75, 3.05) is 43.5 Å². The van der Waals surface area contributed by atoms with Gasteiger partial charge in [-0.15, -0.1) is 0 Å². The molecule has 2 rings (SSSR count). The van der Waals surface area contributed by atoms with Crippen molar-refractivity contribution in [3.05, 3.63) is 23.8 Å². The van der Waals surface area contributed by atoms with Crippen LogP contribution in [-0.4, -0.2) is 49.3 Å². The van der Waals surface area contributed by atoms with Crippen LogP contribution >= 0.6 is 0 Å². The standard InChI is InChI=1S/C17H27N3O2/c1-3-4-10-20(11-12-21)17(22)18-15-7-8-16-14(13-15)6-5-9-19(16)2/h7-8,13,21H,3-6,9-12H2,1-2H3,(H,18,22). The Morgan fingerprint density at radius 1 is 1.41 bits per heavy atom. The molecule has 1 aliphatic rings. The van der Waals surface area contributed by atoms with Crippen LogP contribution in [0.15, 0.2) is 18.2 Å². The molecule has 0 unspecified atom stereocenters. The van der Waals surface area contributed by atoms with Gasteiger partial charge in [-0.1, -0.05) is 13.3 Å². The van der Waals surface area contributed by atoms with E-state index >= 15 is 0 Å². The fraction of sp³-hybridized carbons (Fsp3) is 0.588. The van der Waals surface area contributed by atoms with E-state index in [-0.39, 0.29) is 12.6 Å². The van der Waals surface area contributed by atoms with Crippen molar-refractivity contribution in [2.45, 2.75) is 32.6 Å². The van der Waals surface area contributed by atoms with E-state index in [2.05, 4.69) is 36.3 Å². The van der Waals surface area contributed by atoms with E-state index in [0.717, 1.165) is 37.9 Å². The molecule has 2 amide bonds. The fourth-order valence-corrected chi connectivity index (χ4v) is 2.85. The highest BCUT2D eigenvalue weighted by Gasteiger charge is 2.16. The van der Waals surface area contributed by atoms with Crippen LogP contribution in [0.3, 0.4) is 0 Å². The molecule has 0 saturated carbocycles. The van der Waals surface area contributed by atoms with Gasteiger partial charge in [0.05, 0.1) is 6.61 Å². The summed E-state index contributed by atoms with van der Waals surface area (Å²) in [6.07, 6.45) is 4.18. The molecule has 2 N–H and O–H groups in total. The van der Waals surface area contributed by atoms with Gasteiger partial charge >= 0.3 is 6.03 Å². The first kappa shape index (κ1) is 16.6. The SMILES string of the molecule is CCCCN(CCO)C(=O)Nc1ccc2c(c1)CCCN2C. The summed E-state index contributed by atoms with van der Waals surface area (Å²) in [6.45, 7) is 4.22. The Morgan fingerprint density at radius 3 is 2.95 bits per heavy atom. The number of carbonyl (C=O) groups is 1. The number of benzene rings is 1. The molecule has 0 fully saturated rings. The topological polar surface area (TPSA) is 55.8 Å². The largest absolute Gasteiger partial charge is 0.395 e. The summed E-state index contributed by atoms with van der Waals surface area (Å²) in [5, 5.41) is 12.1. The van der Waals surface area contributed by atoms with Gasteiger partial charge < -0.3 is 20.2 Å². The molecule has 1 aromatic carbocycles. The van der Waals surface area contributed by atoms with Crippen molar-refractivity contribution in [1.82, 2.24) is 4.90 Å². The lowest BCUT2D eigenvalue weighted by molar-refractivity contribution is 0.187. The molecular weight excluding hydrogens is 278 g/mol. The van der Waals surface area contributed by atoms with E-state index in [1.54, 1.807) is 4.90 Å². The van der Waals surface area contributed by atoms with E-state index in [4.69, 9.17) is 5.11 Å². The summed E-state index contributed by atoms with van der Waals surface area (Å²) in [5.41, 5.74) is 3.37. The molecule has 0 aliphatic carbocycles. The Morgan fingerprint density at radius 2 is 2.23 bits per heavy atom. The molecule has 122 valence electrons. The molecule has 22 heavy (non-hydrogen) atoms. The Kier molecular flexibility index (Phi) is 6.07. The highest BCUT2D eigenvalue weighted by atomic mass is 16.3. The molecule has 0 bridgehead atoms. The monoisotopic (exact) mass is 305 g/mol. The fourth-order valence-electron chi connectivity index (χ4n) is 2.85. The van der Waals surface area contributed by atoms with Crippen LogP contribution in [0.25, 0.3) is 0 Å². The highest BCUT2D eigenvalue weighted by Crippen LogP contribution is 2.28. The van der Waals surface area contributed by atoms with Crippen LogP contribution in [0.2, 0.25) is 0 Å². The number of hydrogen-bond acceptors (Lipinski definition) is 3. The van der Waals surface area contributed by atoms with Gasteiger partial charge in [0.15, 0.2) is 0 Å². The molecule has 0 spiro atoms. The van der Waals surface area contributed by atoms with E-state index < -0.39 is 0 Å². The van der Waals surface area contributed by atoms with Crippen LogP contribution in [0.4, 0.5) is 16.2 Å². The van der Waals surface area contributed by atoms with Gasteiger partial charge in [-0.05, 0) is 43.0 Å². The highest BCUT2D eigenvalue weighted by molar-refractivity contribution is 5.89. The minimum Gasteiger partial charge on any atom is -0.395 e. The molecule has 5 heteroatoms. The van der Waals surface area contributed by atoms with Gasteiger partial charge in [0.25, 0.3) is 0 Å². The van der Waals surface area contributed by atoms with Gasteiger partial charge in [-0.25, -0.2) is 4.79 Å². The number of aliphatic hydroxyl groups excluding tert-OH is 1. The zero-order valence-electron chi connectivity index (χ0n) is 13.6. The lowest BCUT2D eigenvalue weighted by atomic mass is 10.0. The minimum atomic E-state index is -0.133. The maximum atomic E-state index is 12.3. The molecule has 1 aromatic rings. The van der Waals surface area contributed by atoms with Gasteiger partial charge in [0.1, 0.15) is 0 Å². The quantitative estimate of drug-likeness (QED) is 0.849. The third-order valence-electron chi connectivity index (χ3n) is 4.12. The van der Waals surface area contributed by atoms with Crippen molar-refractivity contribution in [3.63, 3.8) is 0 Å². The normalized spacial score (nSPS) is 13.7. The van der Waals surface area contributed by atoms with E-state index in [1.807, 2.05) is 6.07 Å². The number of aliphatic hydroxyl groups is 1. The molecule has 1 heterocycles. The summed E-state index contributed by atoms with van der Waals surface area (Å²) in [5.74, 6) is 0. The number of anilines is 2. The molecule has 0 atom stereocenters. The Hall–Kier alpha value is -1.75. The second kappa shape index (κ2) is 8.03. The summed E-state index contributed by atoms with van der Waals surface area (Å²) >= 11 is 0. The Bertz CT molecular complexity index is 505. The summed E-state index contributed by atoms with van der Waals surface area (Å²) < 4.78 is 0. The third-order valence-corrected chi connectivity index (χ3v) is 4.12. The average Bonchev–Trinajstić information content (AvgIpc) is 2.51. The van der Waals surface area contributed by atoms with Gasteiger partial charge in [-0.2, -0.15) is 0 Å². The minimum absolute atomic E-state index is 0.00782. The average molecular weight is 305 g/mol. The number of unbranched alkanes of at least 4 members (excludes halogenated alkanes) is 1. The first-order chi connectivity index (χ1) is 10.7. The van der Waals surface area contributed by atoms with Crippen molar-refractivity contribution < 1.29 is 9.90 Å². The first-order valence-corrected chi connectivity index (χ1v) is 8.16. The maximum absolute atomic E-state index is 12.3. The molecule has 0 saturated heterocycles. The number of nitrogens with zero attached hydrogens (tertiary/aromatic N) is 2. The zero-order valence-corrected chi connectivity index (χ0v) is 13.6. The molecule has 0 radical (unpaired) electrons. The predicted molar refractivity (Wildman–Crippen MR) is 90.6 cm³/mol. The molecule has 0 aromatic heterocycles. The van der Waals surface area contributed by atoms with E-state index in [9.17, 15) is 4.79 Å². The van der Waals surface area contributed by atoms with Crippen LogP contribution in [0, 0.1) is 0 Å². The van der Waals surface area contributed by atoms with Crippen molar-refractivity contribution in [1.29, 1.82) is 0 Å².